The molecular weight excluding hydrogens is 363 g/mol. The van der Waals surface area contributed by atoms with E-state index in [1.807, 2.05) is 0 Å². The summed E-state index contributed by atoms with van der Waals surface area (Å²) in [6.45, 7) is 1.48. The first kappa shape index (κ1) is 16.7. The maximum absolute atomic E-state index is 13.4. The highest BCUT2D eigenvalue weighted by Crippen LogP contribution is 2.36. The zero-order chi connectivity index (χ0) is 16.8. The number of halogens is 2. The largest absolute Gasteiger partial charge is 0.315 e. The lowest BCUT2D eigenvalue weighted by Crippen LogP contribution is -2.39. The number of aliphatic imine (C=N–C) groups is 1. The van der Waals surface area contributed by atoms with E-state index in [1.165, 1.54) is 30.8 Å². The molecule has 0 amide bonds. The Hall–Kier alpha value is -1.12. The van der Waals surface area contributed by atoms with Crippen molar-refractivity contribution in [1.29, 1.82) is 0 Å². The van der Waals surface area contributed by atoms with Gasteiger partial charge >= 0.3 is 0 Å². The van der Waals surface area contributed by atoms with Gasteiger partial charge in [0.15, 0.2) is 15.0 Å². The zero-order valence-corrected chi connectivity index (χ0v) is 14.6. The third kappa shape index (κ3) is 3.39. The van der Waals surface area contributed by atoms with E-state index < -0.39 is 15.7 Å². The van der Waals surface area contributed by atoms with Crippen molar-refractivity contribution >= 4 is 49.8 Å². The molecule has 0 N–H and O–H groups in total. The number of sulfone groups is 1. The van der Waals surface area contributed by atoms with E-state index in [9.17, 15) is 17.6 Å². The van der Waals surface area contributed by atoms with Gasteiger partial charge in [-0.05, 0) is 25.1 Å². The smallest absolute Gasteiger partial charge is 0.164 e. The number of amidine groups is 1. The van der Waals surface area contributed by atoms with Gasteiger partial charge in [-0.1, -0.05) is 23.4 Å². The summed E-state index contributed by atoms with van der Waals surface area (Å²) in [6, 6.07) is 3.53. The van der Waals surface area contributed by atoms with Crippen molar-refractivity contribution in [3.8, 4) is 0 Å². The van der Waals surface area contributed by atoms with Gasteiger partial charge in [-0.15, -0.1) is 0 Å². The van der Waals surface area contributed by atoms with Crippen LogP contribution in [0.4, 0.5) is 10.1 Å². The lowest BCUT2D eigenvalue weighted by atomic mass is 10.1. The number of nitrogens with zero attached hydrogens (tertiary/aromatic N) is 2. The van der Waals surface area contributed by atoms with Crippen LogP contribution in [0.2, 0.25) is 5.02 Å². The number of carbonyl (C=O) groups is 1. The molecule has 1 aromatic carbocycles. The Morgan fingerprint density at radius 1 is 1.48 bits per heavy atom. The van der Waals surface area contributed by atoms with Crippen LogP contribution in [-0.2, 0) is 14.6 Å². The van der Waals surface area contributed by atoms with Gasteiger partial charge in [0.25, 0.3) is 0 Å². The highest BCUT2D eigenvalue weighted by Gasteiger charge is 2.47. The molecule has 2 heterocycles. The molecule has 1 fully saturated rings. The summed E-state index contributed by atoms with van der Waals surface area (Å²) in [4.78, 5) is 17.5. The molecule has 0 aliphatic carbocycles. The summed E-state index contributed by atoms with van der Waals surface area (Å²) in [7, 11) is -3.15. The molecule has 0 saturated carbocycles. The molecule has 2 aliphatic heterocycles. The topological polar surface area (TPSA) is 66.8 Å². The molecule has 9 heteroatoms. The van der Waals surface area contributed by atoms with Gasteiger partial charge in [0.05, 0.1) is 34.4 Å². The van der Waals surface area contributed by atoms with Crippen molar-refractivity contribution in [3.05, 3.63) is 29.0 Å². The molecule has 124 valence electrons. The van der Waals surface area contributed by atoms with Crippen LogP contribution >= 0.6 is 23.4 Å². The van der Waals surface area contributed by atoms with E-state index in [4.69, 9.17) is 11.6 Å². The number of thioether (sulfide) groups is 1. The normalized spacial score (nSPS) is 25.3. The van der Waals surface area contributed by atoms with Gasteiger partial charge in [0.1, 0.15) is 11.6 Å². The monoisotopic (exact) mass is 376 g/mol. The van der Waals surface area contributed by atoms with E-state index in [0.29, 0.717) is 10.9 Å². The van der Waals surface area contributed by atoms with Crippen molar-refractivity contribution in [2.24, 2.45) is 4.99 Å². The number of Topliss-reactive ketones (excluding diaryl/α,β-unsaturated/α-hetero) is 1. The number of ketones is 1. The number of carbonyl (C=O) groups excluding carboxylic acids is 1. The van der Waals surface area contributed by atoms with Crippen LogP contribution in [0.3, 0.4) is 0 Å². The molecule has 3 rings (SSSR count). The first-order valence-electron chi connectivity index (χ1n) is 6.91. The number of fused-ring (bicyclic) bond motifs is 1. The highest BCUT2D eigenvalue weighted by atomic mass is 35.5. The maximum Gasteiger partial charge on any atom is 0.164 e. The quantitative estimate of drug-likeness (QED) is 0.808. The van der Waals surface area contributed by atoms with E-state index in [1.54, 1.807) is 11.0 Å². The standard InChI is InChI=1S/C14H14ClFN2O3S2/c1-8(19)5-22-14-17-12-6-23(20,21)7-13(12)18(14)9-2-3-11(16)10(15)4-9/h2-4,12-13H,5-7H2,1H3/t12-,13+/m1/s1. The fourth-order valence-corrected chi connectivity index (χ4v) is 5.68. The van der Waals surface area contributed by atoms with Crippen LogP contribution < -0.4 is 4.90 Å². The van der Waals surface area contributed by atoms with Crippen molar-refractivity contribution in [1.82, 2.24) is 0 Å². The molecule has 0 radical (unpaired) electrons. The Bertz CT molecular complexity index is 797. The molecule has 2 aliphatic rings. The predicted octanol–water partition coefficient (Wildman–Crippen LogP) is 2.14. The Morgan fingerprint density at radius 2 is 2.22 bits per heavy atom. The molecule has 23 heavy (non-hydrogen) atoms. The summed E-state index contributed by atoms with van der Waals surface area (Å²) in [5.74, 6) is -0.316. The van der Waals surface area contributed by atoms with Gasteiger partial charge < -0.3 is 4.90 Å². The fourth-order valence-electron chi connectivity index (χ4n) is 2.74. The number of benzene rings is 1. The van der Waals surface area contributed by atoms with E-state index >= 15 is 0 Å². The van der Waals surface area contributed by atoms with E-state index in [0.717, 1.165) is 0 Å². The van der Waals surface area contributed by atoms with Crippen LogP contribution in [0, 0.1) is 5.82 Å². The fraction of sp³-hybridized carbons (Fsp3) is 0.429. The van der Waals surface area contributed by atoms with Crippen molar-refractivity contribution in [2.45, 2.75) is 19.0 Å². The number of anilines is 1. The predicted molar refractivity (Wildman–Crippen MR) is 90.7 cm³/mol. The average molecular weight is 377 g/mol. The summed E-state index contributed by atoms with van der Waals surface area (Å²) >= 11 is 7.10. The highest BCUT2D eigenvalue weighted by molar-refractivity contribution is 8.14. The molecule has 1 saturated heterocycles. The SMILES string of the molecule is CC(=O)CSC1=N[C@@H]2CS(=O)(=O)C[C@@H]2N1c1ccc(F)c(Cl)c1. The summed E-state index contributed by atoms with van der Waals surface area (Å²) in [5, 5.41) is 0.537. The van der Waals surface area contributed by atoms with E-state index in [-0.39, 0.29) is 40.1 Å². The molecule has 0 unspecified atom stereocenters. The molecule has 2 atom stereocenters. The first-order valence-corrected chi connectivity index (χ1v) is 10.1. The van der Waals surface area contributed by atoms with E-state index in [2.05, 4.69) is 4.99 Å². The minimum atomic E-state index is -3.15. The van der Waals surface area contributed by atoms with Crippen LogP contribution in [0.1, 0.15) is 6.92 Å². The molecule has 5 nitrogen and oxygen atoms in total. The van der Waals surface area contributed by atoms with Gasteiger partial charge in [0.2, 0.25) is 0 Å². The zero-order valence-electron chi connectivity index (χ0n) is 12.2. The lowest BCUT2D eigenvalue weighted by Gasteiger charge is -2.26. The third-order valence-corrected chi connectivity index (χ3v) is 6.79. The minimum Gasteiger partial charge on any atom is -0.315 e. The number of hydrogen-bond donors (Lipinski definition) is 0. The Balaban J connectivity index is 1.96. The van der Waals surface area contributed by atoms with Gasteiger partial charge in [0, 0.05) is 5.69 Å². The number of hydrogen-bond acceptors (Lipinski definition) is 6. The molecular formula is C14H14ClFN2O3S2. The summed E-state index contributed by atoms with van der Waals surface area (Å²) < 4.78 is 37.1. The van der Waals surface area contributed by atoms with Crippen LogP contribution in [0.25, 0.3) is 0 Å². The van der Waals surface area contributed by atoms with Gasteiger partial charge in [-0.25, -0.2) is 12.8 Å². The lowest BCUT2D eigenvalue weighted by molar-refractivity contribution is -0.114. The summed E-state index contributed by atoms with van der Waals surface area (Å²) in [6.07, 6.45) is 0. The third-order valence-electron chi connectivity index (χ3n) is 3.69. The first-order chi connectivity index (χ1) is 10.8. The Kier molecular flexibility index (Phi) is 4.41. The second-order valence-corrected chi connectivity index (χ2v) is 9.09. The Morgan fingerprint density at radius 3 is 2.87 bits per heavy atom. The maximum atomic E-state index is 13.4. The summed E-state index contributed by atoms with van der Waals surface area (Å²) in [5.41, 5.74) is 0.579. The van der Waals surface area contributed by atoms with Crippen molar-refractivity contribution in [3.63, 3.8) is 0 Å². The molecule has 1 aromatic rings. The molecule has 0 spiro atoms. The van der Waals surface area contributed by atoms with Crippen molar-refractivity contribution in [2.75, 3.05) is 22.2 Å². The van der Waals surface area contributed by atoms with Gasteiger partial charge in [-0.3, -0.25) is 9.79 Å². The van der Waals surface area contributed by atoms with Crippen LogP contribution in [-0.4, -0.2) is 48.7 Å². The average Bonchev–Trinajstić information content (AvgIpc) is 2.91. The second kappa shape index (κ2) is 6.07. The van der Waals surface area contributed by atoms with Crippen LogP contribution in [0.5, 0.6) is 0 Å². The van der Waals surface area contributed by atoms with Gasteiger partial charge in [-0.2, -0.15) is 0 Å². The van der Waals surface area contributed by atoms with Crippen molar-refractivity contribution < 1.29 is 17.6 Å². The van der Waals surface area contributed by atoms with Crippen LogP contribution in [0.15, 0.2) is 23.2 Å². The molecule has 0 bridgehead atoms. The number of rotatable bonds is 3. The Labute approximate surface area is 142 Å². The second-order valence-electron chi connectivity index (χ2n) is 5.58. The minimum absolute atomic E-state index is 0.000491. The molecule has 0 aromatic heterocycles.